The quantitative estimate of drug-likeness (QED) is 0.378. The zero-order valence-electron chi connectivity index (χ0n) is 18.5. The van der Waals surface area contributed by atoms with Crippen molar-refractivity contribution in [2.24, 2.45) is 7.05 Å². The van der Waals surface area contributed by atoms with E-state index in [2.05, 4.69) is 15.5 Å². The minimum absolute atomic E-state index is 0.143. The number of hydrogen-bond acceptors (Lipinski definition) is 4. The van der Waals surface area contributed by atoms with Crippen molar-refractivity contribution < 1.29 is 9.18 Å². The van der Waals surface area contributed by atoms with Crippen LogP contribution in [0.4, 0.5) is 10.2 Å². The number of hydrogen-bond donors (Lipinski definition) is 1. The monoisotopic (exact) mass is 474 g/mol. The van der Waals surface area contributed by atoms with Crippen LogP contribution in [0, 0.1) is 12.7 Å². The van der Waals surface area contributed by atoms with Crippen molar-refractivity contribution in [2.75, 3.05) is 5.32 Å². The number of fused-ring (bicyclic) bond motifs is 1. The molecule has 3 heterocycles. The van der Waals surface area contributed by atoms with E-state index in [1.54, 1.807) is 41.3 Å². The van der Waals surface area contributed by atoms with Crippen molar-refractivity contribution in [2.45, 2.75) is 13.5 Å². The van der Waals surface area contributed by atoms with Gasteiger partial charge in [0.2, 0.25) is 0 Å². The van der Waals surface area contributed by atoms with Crippen LogP contribution in [-0.2, 0) is 13.6 Å². The molecule has 0 saturated heterocycles. The molecule has 0 bridgehead atoms. The van der Waals surface area contributed by atoms with Crippen molar-refractivity contribution in [3.05, 3.63) is 94.7 Å². The zero-order valence-corrected chi connectivity index (χ0v) is 19.2. The molecule has 34 heavy (non-hydrogen) atoms. The lowest BCUT2D eigenvalue weighted by Gasteiger charge is -2.10. The maximum atomic E-state index is 14.1. The summed E-state index contributed by atoms with van der Waals surface area (Å²) in [4.78, 5) is 18.0. The van der Waals surface area contributed by atoms with Gasteiger partial charge in [0.05, 0.1) is 29.5 Å². The first-order chi connectivity index (χ1) is 16.4. The molecular formula is C25H20ClFN6O. The second-order valence-corrected chi connectivity index (χ2v) is 8.30. The Kier molecular flexibility index (Phi) is 5.59. The lowest BCUT2D eigenvalue weighted by atomic mass is 10.0. The number of halogens is 2. The smallest absolute Gasteiger partial charge is 0.257 e. The number of aromatic nitrogens is 5. The Hall–Kier alpha value is -4.04. The van der Waals surface area contributed by atoms with E-state index in [-0.39, 0.29) is 12.5 Å². The van der Waals surface area contributed by atoms with Crippen LogP contribution in [0.3, 0.4) is 0 Å². The molecule has 3 aromatic heterocycles. The van der Waals surface area contributed by atoms with Crippen LogP contribution >= 0.6 is 11.6 Å². The van der Waals surface area contributed by atoms with Crippen LogP contribution in [0.2, 0.25) is 5.02 Å². The summed E-state index contributed by atoms with van der Waals surface area (Å²) in [5.74, 6) is -0.386. The molecule has 0 aliphatic carbocycles. The molecule has 1 N–H and O–H groups in total. The number of amides is 1. The summed E-state index contributed by atoms with van der Waals surface area (Å²) in [6.45, 7) is 2.09. The molecular weight excluding hydrogens is 455 g/mol. The molecule has 0 spiro atoms. The maximum Gasteiger partial charge on any atom is 0.257 e. The molecule has 0 radical (unpaired) electrons. The molecule has 5 aromatic rings. The van der Waals surface area contributed by atoms with E-state index < -0.39 is 5.82 Å². The number of aryl methyl sites for hydroxylation is 1. The Morgan fingerprint density at radius 1 is 1.15 bits per heavy atom. The fourth-order valence-corrected chi connectivity index (χ4v) is 4.02. The van der Waals surface area contributed by atoms with Crippen LogP contribution in [0.25, 0.3) is 22.2 Å². The minimum atomic E-state index is -0.407. The number of carbonyl (C=O) groups is 1. The average Bonchev–Trinajstić information content (AvgIpc) is 3.41. The van der Waals surface area contributed by atoms with Gasteiger partial charge in [-0.25, -0.2) is 9.37 Å². The fourth-order valence-electron chi connectivity index (χ4n) is 3.80. The van der Waals surface area contributed by atoms with E-state index in [1.807, 2.05) is 38.2 Å². The summed E-state index contributed by atoms with van der Waals surface area (Å²) in [7, 11) is 1.86. The lowest BCUT2D eigenvalue weighted by Crippen LogP contribution is -2.14. The third kappa shape index (κ3) is 4.04. The summed E-state index contributed by atoms with van der Waals surface area (Å²) in [5.41, 5.74) is 3.97. The topological polar surface area (TPSA) is 77.6 Å². The van der Waals surface area contributed by atoms with Gasteiger partial charge in [0.15, 0.2) is 5.82 Å². The Morgan fingerprint density at radius 2 is 1.97 bits per heavy atom. The van der Waals surface area contributed by atoms with Gasteiger partial charge >= 0.3 is 0 Å². The van der Waals surface area contributed by atoms with Gasteiger partial charge in [-0.2, -0.15) is 10.2 Å². The predicted molar refractivity (Wildman–Crippen MR) is 129 cm³/mol. The van der Waals surface area contributed by atoms with Crippen LogP contribution in [0.1, 0.15) is 21.6 Å². The van der Waals surface area contributed by atoms with Crippen molar-refractivity contribution in [1.29, 1.82) is 0 Å². The SMILES string of the molecule is Cc1c(-c2cc(C(=O)Nc3ccn(Cc4c(F)cccc4Cl)n3)c3ccccc3n2)cnn1C. The molecule has 9 heteroatoms. The third-order valence-electron chi connectivity index (χ3n) is 5.74. The molecule has 7 nitrogen and oxygen atoms in total. The van der Waals surface area contributed by atoms with Gasteiger partial charge in [0, 0.05) is 46.5 Å². The van der Waals surface area contributed by atoms with Crippen LogP contribution in [0.15, 0.2) is 67.0 Å². The zero-order chi connectivity index (χ0) is 23.8. The highest BCUT2D eigenvalue weighted by Gasteiger charge is 2.17. The molecule has 0 aliphatic heterocycles. The van der Waals surface area contributed by atoms with Gasteiger partial charge in [-0.05, 0) is 31.2 Å². The number of benzene rings is 2. The van der Waals surface area contributed by atoms with Gasteiger partial charge in [-0.15, -0.1) is 0 Å². The highest BCUT2D eigenvalue weighted by atomic mass is 35.5. The molecule has 170 valence electrons. The van der Waals surface area contributed by atoms with Crippen molar-refractivity contribution in [3.63, 3.8) is 0 Å². The van der Waals surface area contributed by atoms with Crippen molar-refractivity contribution in [1.82, 2.24) is 24.5 Å². The summed E-state index contributed by atoms with van der Waals surface area (Å²) in [6, 6.07) is 15.4. The highest BCUT2D eigenvalue weighted by Crippen LogP contribution is 2.27. The molecule has 0 fully saturated rings. The summed E-state index contributed by atoms with van der Waals surface area (Å²) < 4.78 is 17.4. The van der Waals surface area contributed by atoms with Gasteiger partial charge < -0.3 is 5.32 Å². The highest BCUT2D eigenvalue weighted by molar-refractivity contribution is 6.31. The average molecular weight is 475 g/mol. The maximum absolute atomic E-state index is 14.1. The minimum Gasteiger partial charge on any atom is -0.305 e. The Labute approximate surface area is 199 Å². The van der Waals surface area contributed by atoms with E-state index in [0.717, 1.165) is 16.6 Å². The molecule has 0 aliphatic rings. The van der Waals surface area contributed by atoms with E-state index in [4.69, 9.17) is 16.6 Å². The van der Waals surface area contributed by atoms with Crippen LogP contribution in [0.5, 0.6) is 0 Å². The standard InChI is InChI=1S/C25H20ClFN6O/c1-15-18(13-28-32(15)2)23-12-17(16-6-3-4-9-22(16)29-23)25(34)30-24-10-11-33(31-24)14-19-20(26)7-5-8-21(19)27/h3-13H,14H2,1-2H3,(H,30,31,34). The lowest BCUT2D eigenvalue weighted by molar-refractivity contribution is 0.102. The first-order valence-corrected chi connectivity index (χ1v) is 10.9. The van der Waals surface area contributed by atoms with Gasteiger partial charge in [-0.1, -0.05) is 35.9 Å². The van der Waals surface area contributed by atoms with Crippen LogP contribution in [-0.4, -0.2) is 30.5 Å². The number of pyridine rings is 1. The second-order valence-electron chi connectivity index (χ2n) is 7.89. The summed E-state index contributed by atoms with van der Waals surface area (Å²) >= 11 is 6.12. The normalized spacial score (nSPS) is 11.2. The molecule has 5 rings (SSSR count). The molecule has 0 atom stereocenters. The summed E-state index contributed by atoms with van der Waals surface area (Å²) in [6.07, 6.45) is 3.40. The Bertz CT molecular complexity index is 1520. The molecule has 0 unspecified atom stereocenters. The van der Waals surface area contributed by atoms with Crippen LogP contribution < -0.4 is 5.32 Å². The van der Waals surface area contributed by atoms with E-state index in [1.165, 1.54) is 10.7 Å². The third-order valence-corrected chi connectivity index (χ3v) is 6.09. The first-order valence-electron chi connectivity index (χ1n) is 10.6. The molecule has 2 aromatic carbocycles. The predicted octanol–water partition coefficient (Wildman–Crippen LogP) is 5.23. The number of rotatable bonds is 5. The first kappa shape index (κ1) is 21.8. The van der Waals surface area contributed by atoms with Crippen molar-refractivity contribution in [3.8, 4) is 11.3 Å². The number of anilines is 1. The number of para-hydroxylation sites is 1. The largest absolute Gasteiger partial charge is 0.305 e. The van der Waals surface area contributed by atoms with Crippen molar-refractivity contribution >= 4 is 34.2 Å². The van der Waals surface area contributed by atoms with E-state index in [0.29, 0.717) is 33.2 Å². The van der Waals surface area contributed by atoms with Gasteiger partial charge in [-0.3, -0.25) is 14.2 Å². The number of carbonyl (C=O) groups excluding carboxylic acids is 1. The number of nitrogens with zero attached hydrogens (tertiary/aromatic N) is 5. The van der Waals surface area contributed by atoms with E-state index >= 15 is 0 Å². The molecule has 1 amide bonds. The van der Waals surface area contributed by atoms with Gasteiger partial charge in [0.25, 0.3) is 5.91 Å². The second kappa shape index (κ2) is 8.72. The summed E-state index contributed by atoms with van der Waals surface area (Å²) in [5, 5.41) is 12.5. The molecule has 0 saturated carbocycles. The van der Waals surface area contributed by atoms with E-state index in [9.17, 15) is 9.18 Å². The fraction of sp³-hybridized carbons (Fsp3) is 0.120. The van der Waals surface area contributed by atoms with Gasteiger partial charge in [0.1, 0.15) is 5.82 Å². The Balaban J connectivity index is 1.46. The Morgan fingerprint density at radius 3 is 2.74 bits per heavy atom. The number of nitrogens with one attached hydrogen (secondary N) is 1.